The van der Waals surface area contributed by atoms with Crippen molar-refractivity contribution in [2.75, 3.05) is 0 Å². The fourth-order valence-corrected chi connectivity index (χ4v) is 1.91. The van der Waals surface area contributed by atoms with Gasteiger partial charge in [-0.05, 0) is 52.3 Å². The number of benzene rings is 2. The fourth-order valence-electron chi connectivity index (χ4n) is 1.48. The van der Waals surface area contributed by atoms with Crippen LogP contribution in [0.5, 0.6) is 11.5 Å². The highest BCUT2D eigenvalue weighted by Crippen LogP contribution is 2.32. The second kappa shape index (κ2) is 5.36. The van der Waals surface area contributed by atoms with Gasteiger partial charge >= 0.3 is 0 Å². The van der Waals surface area contributed by atoms with E-state index >= 15 is 0 Å². The number of hydrogen-bond acceptors (Lipinski definition) is 2. The monoisotopic (exact) mass is 326 g/mol. The Balaban J connectivity index is 2.40. The fraction of sp³-hybridized carbons (Fsp3) is 0. The van der Waals surface area contributed by atoms with Gasteiger partial charge in [-0.25, -0.2) is 8.78 Å². The minimum absolute atomic E-state index is 0.135. The molecule has 6 heteroatoms. The molecule has 98 valence electrons. The summed E-state index contributed by atoms with van der Waals surface area (Å²) in [7, 11) is 0. The second-order valence-electron chi connectivity index (χ2n) is 3.73. The van der Waals surface area contributed by atoms with Crippen LogP contribution in [0.3, 0.4) is 0 Å². The molecule has 3 nitrogen and oxygen atoms in total. The van der Waals surface area contributed by atoms with Gasteiger partial charge in [-0.15, -0.1) is 0 Å². The van der Waals surface area contributed by atoms with Gasteiger partial charge in [0.15, 0.2) is 0 Å². The van der Waals surface area contributed by atoms with E-state index in [1.165, 1.54) is 30.3 Å². The molecule has 0 radical (unpaired) electrons. The molecule has 0 saturated heterocycles. The maximum Gasteiger partial charge on any atom is 0.141 e. The molecule has 0 spiro atoms. The van der Waals surface area contributed by atoms with Crippen LogP contribution >= 0.6 is 15.9 Å². The molecule has 0 bridgehead atoms. The van der Waals surface area contributed by atoms with Crippen molar-refractivity contribution in [3.63, 3.8) is 0 Å². The van der Waals surface area contributed by atoms with Gasteiger partial charge in [0.2, 0.25) is 0 Å². The van der Waals surface area contributed by atoms with Gasteiger partial charge in [0.25, 0.3) is 0 Å². The Morgan fingerprint density at radius 1 is 1.05 bits per heavy atom. The highest BCUT2D eigenvalue weighted by atomic mass is 79.9. The lowest BCUT2D eigenvalue weighted by Gasteiger charge is -2.11. The summed E-state index contributed by atoms with van der Waals surface area (Å²) >= 11 is 3.16. The van der Waals surface area contributed by atoms with Crippen molar-refractivity contribution in [3.8, 4) is 11.5 Å². The lowest BCUT2D eigenvalue weighted by molar-refractivity contribution is 0.474. The zero-order valence-electron chi connectivity index (χ0n) is 9.58. The first kappa shape index (κ1) is 13.5. The van der Waals surface area contributed by atoms with E-state index in [0.717, 1.165) is 6.07 Å². The molecule has 0 amide bonds. The zero-order valence-corrected chi connectivity index (χ0v) is 11.2. The summed E-state index contributed by atoms with van der Waals surface area (Å²) in [5, 5.41) is 7.39. The van der Waals surface area contributed by atoms with E-state index in [-0.39, 0.29) is 17.1 Å². The van der Waals surface area contributed by atoms with Crippen molar-refractivity contribution in [2.24, 2.45) is 5.73 Å². The number of nitrogens with one attached hydrogen (secondary N) is 1. The van der Waals surface area contributed by atoms with E-state index in [1.807, 2.05) is 0 Å². The van der Waals surface area contributed by atoms with E-state index in [9.17, 15) is 8.78 Å². The first-order valence-corrected chi connectivity index (χ1v) is 6.03. The Hall–Kier alpha value is -1.95. The summed E-state index contributed by atoms with van der Waals surface area (Å²) in [6.45, 7) is 0. The van der Waals surface area contributed by atoms with Gasteiger partial charge in [0.05, 0.1) is 10.0 Å². The maximum atomic E-state index is 13.1. The topological polar surface area (TPSA) is 59.1 Å². The average molecular weight is 327 g/mol. The standard InChI is InChI=1S/C13H9BrF2N2O/c14-10-6-8(16)2-4-12(10)19-11-3-1-7(15)5-9(11)13(17)18/h1-6H,(H3,17,18). The molecule has 0 heterocycles. The van der Waals surface area contributed by atoms with Crippen molar-refractivity contribution in [3.05, 3.63) is 58.1 Å². The van der Waals surface area contributed by atoms with Gasteiger partial charge in [-0.3, -0.25) is 5.41 Å². The zero-order chi connectivity index (χ0) is 14.0. The predicted octanol–water partition coefficient (Wildman–Crippen LogP) is 3.80. The first-order valence-electron chi connectivity index (χ1n) is 5.24. The summed E-state index contributed by atoms with van der Waals surface area (Å²) in [5.41, 5.74) is 5.50. The minimum atomic E-state index is -0.518. The molecule has 0 aliphatic heterocycles. The normalized spacial score (nSPS) is 10.3. The Kier molecular flexibility index (Phi) is 3.80. The molecular formula is C13H9BrF2N2O. The third kappa shape index (κ3) is 3.08. The molecule has 2 aromatic carbocycles. The molecule has 2 aromatic rings. The number of hydrogen-bond donors (Lipinski definition) is 2. The van der Waals surface area contributed by atoms with Gasteiger partial charge in [0, 0.05) is 0 Å². The average Bonchev–Trinajstić information content (AvgIpc) is 2.34. The maximum absolute atomic E-state index is 13.1. The highest BCUT2D eigenvalue weighted by molar-refractivity contribution is 9.10. The third-order valence-corrected chi connectivity index (χ3v) is 2.97. The Bertz CT molecular complexity index is 647. The summed E-state index contributed by atoms with van der Waals surface area (Å²) in [6.07, 6.45) is 0. The number of halogens is 3. The summed E-state index contributed by atoms with van der Waals surface area (Å²) in [6, 6.07) is 7.56. The second-order valence-corrected chi connectivity index (χ2v) is 4.59. The van der Waals surface area contributed by atoms with Crippen molar-refractivity contribution >= 4 is 21.8 Å². The van der Waals surface area contributed by atoms with Gasteiger partial charge in [0.1, 0.15) is 29.0 Å². The number of amidine groups is 1. The molecule has 0 unspecified atom stereocenters. The van der Waals surface area contributed by atoms with Crippen LogP contribution in [-0.2, 0) is 0 Å². The number of ether oxygens (including phenoxy) is 1. The van der Waals surface area contributed by atoms with Crippen LogP contribution < -0.4 is 10.5 Å². The van der Waals surface area contributed by atoms with E-state index in [4.69, 9.17) is 15.9 Å². The van der Waals surface area contributed by atoms with Crippen LogP contribution in [0, 0.1) is 17.0 Å². The molecule has 0 aromatic heterocycles. The Morgan fingerprint density at radius 2 is 1.63 bits per heavy atom. The van der Waals surface area contributed by atoms with Crippen LogP contribution in [0.1, 0.15) is 5.56 Å². The first-order chi connectivity index (χ1) is 8.97. The van der Waals surface area contributed by atoms with E-state index in [2.05, 4.69) is 15.9 Å². The molecule has 19 heavy (non-hydrogen) atoms. The molecule has 0 atom stereocenters. The van der Waals surface area contributed by atoms with Crippen molar-refractivity contribution in [2.45, 2.75) is 0 Å². The van der Waals surface area contributed by atoms with Crippen LogP contribution in [0.25, 0.3) is 0 Å². The SMILES string of the molecule is N=C(N)c1cc(F)ccc1Oc1ccc(F)cc1Br. The van der Waals surface area contributed by atoms with Gasteiger partial charge < -0.3 is 10.5 Å². The van der Waals surface area contributed by atoms with Gasteiger partial charge in [-0.1, -0.05) is 0 Å². The predicted molar refractivity (Wildman–Crippen MR) is 71.6 cm³/mol. The molecule has 0 fully saturated rings. The van der Waals surface area contributed by atoms with Crippen LogP contribution in [0.4, 0.5) is 8.78 Å². The van der Waals surface area contributed by atoms with Gasteiger partial charge in [-0.2, -0.15) is 0 Å². The van der Waals surface area contributed by atoms with Crippen LogP contribution in [0.2, 0.25) is 0 Å². The number of nitrogens with two attached hydrogens (primary N) is 1. The molecule has 0 aliphatic rings. The van der Waals surface area contributed by atoms with Crippen molar-refractivity contribution in [1.82, 2.24) is 0 Å². The summed E-state index contributed by atoms with van der Waals surface area (Å²) < 4.78 is 32.0. The Labute approximate surface area is 116 Å². The quantitative estimate of drug-likeness (QED) is 0.665. The summed E-state index contributed by atoms with van der Waals surface area (Å²) in [5.74, 6) is -0.676. The van der Waals surface area contributed by atoms with E-state index in [0.29, 0.717) is 10.2 Å². The Morgan fingerprint density at radius 3 is 2.21 bits per heavy atom. The number of nitrogen functional groups attached to an aromatic ring is 1. The lowest BCUT2D eigenvalue weighted by atomic mass is 10.2. The molecule has 3 N–H and O–H groups in total. The molecule has 2 rings (SSSR count). The minimum Gasteiger partial charge on any atom is -0.455 e. The highest BCUT2D eigenvalue weighted by Gasteiger charge is 2.11. The van der Waals surface area contributed by atoms with Crippen molar-refractivity contribution in [1.29, 1.82) is 5.41 Å². The molecular weight excluding hydrogens is 318 g/mol. The molecule has 0 aliphatic carbocycles. The molecule has 0 saturated carbocycles. The van der Waals surface area contributed by atoms with E-state index in [1.54, 1.807) is 0 Å². The smallest absolute Gasteiger partial charge is 0.141 e. The van der Waals surface area contributed by atoms with Crippen LogP contribution in [-0.4, -0.2) is 5.84 Å². The van der Waals surface area contributed by atoms with Crippen molar-refractivity contribution < 1.29 is 13.5 Å². The number of rotatable bonds is 3. The van der Waals surface area contributed by atoms with Crippen LogP contribution in [0.15, 0.2) is 40.9 Å². The lowest BCUT2D eigenvalue weighted by Crippen LogP contribution is -2.12. The van der Waals surface area contributed by atoms with E-state index < -0.39 is 11.6 Å². The third-order valence-electron chi connectivity index (χ3n) is 2.35. The largest absolute Gasteiger partial charge is 0.455 e. The summed E-state index contributed by atoms with van der Waals surface area (Å²) in [4.78, 5) is 0.